The van der Waals surface area contributed by atoms with Crippen molar-refractivity contribution in [3.8, 4) is 5.69 Å². The maximum atomic E-state index is 12.9. The topological polar surface area (TPSA) is 68.6 Å². The van der Waals surface area contributed by atoms with Crippen LogP contribution < -0.4 is 4.90 Å². The van der Waals surface area contributed by atoms with E-state index in [4.69, 9.17) is 4.74 Å². The molecule has 2 heterocycles. The summed E-state index contributed by atoms with van der Waals surface area (Å²) in [5.41, 5.74) is 7.63. The molecule has 0 radical (unpaired) electrons. The maximum Gasteiger partial charge on any atom is 0.311 e. The van der Waals surface area contributed by atoms with E-state index in [0.717, 1.165) is 29.2 Å². The Morgan fingerprint density at radius 1 is 0.943 bits per heavy atom. The Hall–Kier alpha value is -3.67. The molecule has 6 heteroatoms. The lowest BCUT2D eigenvalue weighted by atomic mass is 10.1. The van der Waals surface area contributed by atoms with Gasteiger partial charge in [0.25, 0.3) is 0 Å². The second-order valence-corrected chi connectivity index (χ2v) is 9.35. The van der Waals surface area contributed by atoms with Gasteiger partial charge >= 0.3 is 5.97 Å². The van der Waals surface area contributed by atoms with Crippen LogP contribution in [0.25, 0.3) is 5.69 Å². The van der Waals surface area contributed by atoms with E-state index in [1.54, 1.807) is 4.90 Å². The summed E-state index contributed by atoms with van der Waals surface area (Å²) in [4.78, 5) is 39.8. The molecular formula is C29H32N2O4. The first-order valence-corrected chi connectivity index (χ1v) is 12.0. The average molecular weight is 473 g/mol. The van der Waals surface area contributed by atoms with Crippen LogP contribution in [-0.4, -0.2) is 35.4 Å². The monoisotopic (exact) mass is 472 g/mol. The number of anilines is 1. The highest BCUT2D eigenvalue weighted by molar-refractivity contribution is 6.01. The molecule has 1 fully saturated rings. The van der Waals surface area contributed by atoms with Crippen molar-refractivity contribution in [3.63, 3.8) is 0 Å². The van der Waals surface area contributed by atoms with Crippen molar-refractivity contribution >= 4 is 23.3 Å². The second kappa shape index (κ2) is 9.90. The Morgan fingerprint density at radius 2 is 1.63 bits per heavy atom. The minimum Gasteiger partial charge on any atom is -0.457 e. The predicted octanol–water partition coefficient (Wildman–Crippen LogP) is 5.05. The molecule has 1 aliphatic heterocycles. The van der Waals surface area contributed by atoms with Crippen molar-refractivity contribution in [2.24, 2.45) is 5.92 Å². The molecule has 35 heavy (non-hydrogen) atoms. The molecule has 1 saturated heterocycles. The van der Waals surface area contributed by atoms with Crippen LogP contribution in [0.1, 0.15) is 51.8 Å². The molecule has 1 aliphatic rings. The Morgan fingerprint density at radius 3 is 2.29 bits per heavy atom. The van der Waals surface area contributed by atoms with Crippen LogP contribution in [0.4, 0.5) is 5.69 Å². The van der Waals surface area contributed by atoms with Gasteiger partial charge in [-0.2, -0.15) is 0 Å². The third kappa shape index (κ3) is 4.92. The summed E-state index contributed by atoms with van der Waals surface area (Å²) in [6, 6.07) is 15.8. The molecule has 1 amide bonds. The summed E-state index contributed by atoms with van der Waals surface area (Å²) in [7, 11) is 0. The first-order chi connectivity index (χ1) is 16.7. The fraction of sp³-hybridized carbons (Fsp3) is 0.345. The van der Waals surface area contributed by atoms with Gasteiger partial charge in [0, 0.05) is 41.3 Å². The lowest BCUT2D eigenvalue weighted by Crippen LogP contribution is -2.27. The van der Waals surface area contributed by atoms with Gasteiger partial charge in [0.05, 0.1) is 5.92 Å². The minimum atomic E-state index is -0.580. The van der Waals surface area contributed by atoms with Crippen LogP contribution in [0.5, 0.6) is 0 Å². The standard InChI is InChI=1S/C29H32N2O4/c1-6-22-8-11-24(12-9-22)30-16-23(15-28(30)33)29(34)35-17-27(32)26-14-20(4)31(21(26)5)25-10-7-18(2)19(3)13-25/h7-14,23H,6,15-17H2,1-5H3. The number of esters is 1. The fourth-order valence-electron chi connectivity index (χ4n) is 4.67. The summed E-state index contributed by atoms with van der Waals surface area (Å²) in [5.74, 6) is -1.45. The number of aromatic nitrogens is 1. The van der Waals surface area contributed by atoms with Crippen LogP contribution in [0, 0.1) is 33.6 Å². The van der Waals surface area contributed by atoms with Gasteiger partial charge in [0.15, 0.2) is 6.61 Å². The largest absolute Gasteiger partial charge is 0.457 e. The highest BCUT2D eigenvalue weighted by Gasteiger charge is 2.36. The number of rotatable bonds is 7. The molecule has 1 aromatic heterocycles. The number of hydrogen-bond donors (Lipinski definition) is 0. The number of benzene rings is 2. The number of ether oxygens (including phenoxy) is 1. The number of carbonyl (C=O) groups is 3. The molecule has 1 unspecified atom stereocenters. The predicted molar refractivity (Wildman–Crippen MR) is 136 cm³/mol. The van der Waals surface area contributed by atoms with E-state index in [9.17, 15) is 14.4 Å². The number of amides is 1. The number of Topliss-reactive ketones (excluding diaryl/α,β-unsaturated/α-hetero) is 1. The van der Waals surface area contributed by atoms with Gasteiger partial charge in [-0.15, -0.1) is 0 Å². The quantitative estimate of drug-likeness (QED) is 0.356. The maximum absolute atomic E-state index is 12.9. The van der Waals surface area contributed by atoms with E-state index in [1.165, 1.54) is 16.7 Å². The molecule has 0 N–H and O–H groups in total. The first kappa shape index (κ1) is 24.5. The Kier molecular flexibility index (Phi) is 6.92. The fourth-order valence-corrected chi connectivity index (χ4v) is 4.67. The summed E-state index contributed by atoms with van der Waals surface area (Å²) in [5, 5.41) is 0. The third-order valence-corrected chi connectivity index (χ3v) is 6.94. The molecule has 4 rings (SSSR count). The van der Waals surface area contributed by atoms with Crippen molar-refractivity contribution in [2.75, 3.05) is 18.1 Å². The Labute approximate surface area is 206 Å². The van der Waals surface area contributed by atoms with Crippen molar-refractivity contribution in [3.05, 3.63) is 82.2 Å². The number of aryl methyl sites for hydroxylation is 4. The molecule has 0 bridgehead atoms. The second-order valence-electron chi connectivity index (χ2n) is 9.35. The van der Waals surface area contributed by atoms with Gasteiger partial charge < -0.3 is 14.2 Å². The normalized spacial score (nSPS) is 15.5. The van der Waals surface area contributed by atoms with E-state index in [1.807, 2.05) is 54.8 Å². The van der Waals surface area contributed by atoms with Crippen molar-refractivity contribution < 1.29 is 19.1 Å². The summed E-state index contributed by atoms with van der Waals surface area (Å²) in [6.07, 6.45) is 1.01. The van der Waals surface area contributed by atoms with E-state index >= 15 is 0 Å². The minimum absolute atomic E-state index is 0.0871. The average Bonchev–Trinajstić information content (AvgIpc) is 3.38. The van der Waals surface area contributed by atoms with E-state index in [2.05, 4.69) is 32.9 Å². The van der Waals surface area contributed by atoms with Crippen molar-refractivity contribution in [2.45, 2.75) is 47.5 Å². The van der Waals surface area contributed by atoms with E-state index < -0.39 is 11.9 Å². The summed E-state index contributed by atoms with van der Waals surface area (Å²) in [6.45, 7) is 9.98. The zero-order chi connectivity index (χ0) is 25.3. The van der Waals surface area contributed by atoms with Crippen LogP contribution in [0.3, 0.4) is 0 Å². The molecular weight excluding hydrogens is 440 g/mol. The lowest BCUT2D eigenvalue weighted by Gasteiger charge is -2.17. The number of ketones is 1. The molecule has 6 nitrogen and oxygen atoms in total. The number of hydrogen-bond acceptors (Lipinski definition) is 4. The van der Waals surface area contributed by atoms with Crippen LogP contribution >= 0.6 is 0 Å². The highest BCUT2D eigenvalue weighted by atomic mass is 16.5. The third-order valence-electron chi connectivity index (χ3n) is 6.94. The van der Waals surface area contributed by atoms with Gasteiger partial charge in [-0.05, 0) is 81.1 Å². The van der Waals surface area contributed by atoms with Crippen molar-refractivity contribution in [1.29, 1.82) is 0 Å². The van der Waals surface area contributed by atoms with Crippen LogP contribution in [-0.2, 0) is 20.7 Å². The number of carbonyl (C=O) groups excluding carboxylic acids is 3. The van der Waals surface area contributed by atoms with Gasteiger partial charge in [-0.25, -0.2) is 0 Å². The van der Waals surface area contributed by atoms with Gasteiger partial charge in [0.1, 0.15) is 0 Å². The van der Waals surface area contributed by atoms with Crippen LogP contribution in [0.15, 0.2) is 48.5 Å². The van der Waals surface area contributed by atoms with Crippen molar-refractivity contribution in [1.82, 2.24) is 4.57 Å². The van der Waals surface area contributed by atoms with Gasteiger partial charge in [-0.1, -0.05) is 25.1 Å². The summed E-state index contributed by atoms with van der Waals surface area (Å²) < 4.78 is 7.42. The van der Waals surface area contributed by atoms with Gasteiger partial charge in [-0.3, -0.25) is 14.4 Å². The summed E-state index contributed by atoms with van der Waals surface area (Å²) >= 11 is 0. The first-order valence-electron chi connectivity index (χ1n) is 12.0. The molecule has 0 aliphatic carbocycles. The SMILES string of the molecule is CCc1ccc(N2CC(C(=O)OCC(=O)c3cc(C)n(-c4ccc(C)c(C)c4)c3C)CC2=O)cc1. The van der Waals surface area contributed by atoms with E-state index in [0.29, 0.717) is 5.56 Å². The molecule has 1 atom stereocenters. The molecule has 182 valence electrons. The lowest BCUT2D eigenvalue weighted by molar-refractivity contribution is -0.147. The molecule has 0 saturated carbocycles. The van der Waals surface area contributed by atoms with E-state index in [-0.39, 0.29) is 31.3 Å². The van der Waals surface area contributed by atoms with Crippen LogP contribution in [0.2, 0.25) is 0 Å². The zero-order valence-corrected chi connectivity index (χ0v) is 21.1. The highest BCUT2D eigenvalue weighted by Crippen LogP contribution is 2.27. The molecule has 0 spiro atoms. The Balaban J connectivity index is 1.41. The molecule has 3 aromatic rings. The smallest absolute Gasteiger partial charge is 0.311 e. The Bertz CT molecular complexity index is 1290. The zero-order valence-electron chi connectivity index (χ0n) is 21.1. The number of nitrogens with zero attached hydrogens (tertiary/aromatic N) is 2. The van der Waals surface area contributed by atoms with Gasteiger partial charge in [0.2, 0.25) is 11.7 Å². The molecule has 2 aromatic carbocycles.